The molecule has 0 aliphatic heterocycles. The number of hydrogen-bond donors (Lipinski definition) is 0. The monoisotopic (exact) mass is 412 g/mol. The Labute approximate surface area is 181 Å². The summed E-state index contributed by atoms with van der Waals surface area (Å²) in [4.78, 5) is 16.7. The van der Waals surface area contributed by atoms with Gasteiger partial charge in [0.15, 0.2) is 5.78 Å². The highest BCUT2D eigenvalue weighted by molar-refractivity contribution is 6.06. The van der Waals surface area contributed by atoms with Gasteiger partial charge in [0.2, 0.25) is 0 Å². The Hall–Kier alpha value is -3.93. The van der Waals surface area contributed by atoms with Gasteiger partial charge in [0.05, 0.1) is 25.7 Å². The Morgan fingerprint density at radius 3 is 2.55 bits per heavy atom. The Kier molecular flexibility index (Phi) is 5.80. The third-order valence-corrected chi connectivity index (χ3v) is 5.11. The number of ketones is 1. The number of carbonyl (C=O) groups excluding carboxylic acids is 1. The number of allylic oxidation sites excluding steroid dienone is 1. The number of hydrogen-bond acceptors (Lipinski definition) is 4. The standard InChI is InChI=1S/C25H24N4O2/c1-18-14-19(2)29(27-18)16-22-15-20(5-11-25(22)31-3)4-10-24(30)21-6-8-23(9-7-21)28-13-12-26-17-28/h4-15,17H,16H2,1-3H3/b10-4+. The smallest absolute Gasteiger partial charge is 0.185 e. The van der Waals surface area contributed by atoms with Crippen LogP contribution in [0.15, 0.2) is 73.3 Å². The molecule has 0 bridgehead atoms. The molecule has 6 heteroatoms. The van der Waals surface area contributed by atoms with Gasteiger partial charge in [0.1, 0.15) is 5.75 Å². The molecule has 0 atom stereocenters. The van der Waals surface area contributed by atoms with Gasteiger partial charge >= 0.3 is 0 Å². The van der Waals surface area contributed by atoms with Crippen molar-refractivity contribution in [2.24, 2.45) is 0 Å². The molecular weight excluding hydrogens is 388 g/mol. The highest BCUT2D eigenvalue weighted by Crippen LogP contribution is 2.22. The van der Waals surface area contributed by atoms with Gasteiger partial charge in [-0.15, -0.1) is 0 Å². The van der Waals surface area contributed by atoms with Crippen molar-refractivity contribution in [1.82, 2.24) is 19.3 Å². The average Bonchev–Trinajstić information content (AvgIpc) is 3.42. The summed E-state index contributed by atoms with van der Waals surface area (Å²) in [5, 5.41) is 4.53. The summed E-state index contributed by atoms with van der Waals surface area (Å²) in [6.07, 6.45) is 8.74. The zero-order valence-electron chi connectivity index (χ0n) is 17.8. The van der Waals surface area contributed by atoms with E-state index in [1.54, 1.807) is 25.7 Å². The van der Waals surface area contributed by atoms with Crippen molar-refractivity contribution in [3.05, 3.63) is 101 Å². The molecule has 2 aromatic carbocycles. The van der Waals surface area contributed by atoms with Crippen molar-refractivity contribution < 1.29 is 9.53 Å². The molecule has 0 aliphatic rings. The Bertz CT molecular complexity index is 1220. The van der Waals surface area contributed by atoms with Crippen LogP contribution in [0.1, 0.15) is 32.9 Å². The van der Waals surface area contributed by atoms with Crippen molar-refractivity contribution >= 4 is 11.9 Å². The lowest BCUT2D eigenvalue weighted by Crippen LogP contribution is -2.05. The molecule has 156 valence electrons. The third-order valence-electron chi connectivity index (χ3n) is 5.11. The van der Waals surface area contributed by atoms with Gasteiger partial charge in [-0.3, -0.25) is 9.48 Å². The molecular formula is C25H24N4O2. The first-order valence-corrected chi connectivity index (χ1v) is 10.0. The molecule has 31 heavy (non-hydrogen) atoms. The van der Waals surface area contributed by atoms with Crippen LogP contribution >= 0.6 is 0 Å². The van der Waals surface area contributed by atoms with Crippen LogP contribution in [0.5, 0.6) is 5.75 Å². The molecule has 4 rings (SSSR count). The van der Waals surface area contributed by atoms with Gasteiger partial charge in [-0.25, -0.2) is 4.98 Å². The predicted octanol–water partition coefficient (Wildman–Crippen LogP) is 4.64. The lowest BCUT2D eigenvalue weighted by Gasteiger charge is -2.11. The van der Waals surface area contributed by atoms with Crippen LogP contribution in [0.2, 0.25) is 0 Å². The van der Waals surface area contributed by atoms with Crippen LogP contribution in [0, 0.1) is 13.8 Å². The molecule has 0 unspecified atom stereocenters. The summed E-state index contributed by atoms with van der Waals surface area (Å²) in [7, 11) is 1.66. The maximum atomic E-state index is 12.6. The number of aromatic nitrogens is 4. The van der Waals surface area contributed by atoms with Crippen LogP contribution in [0.25, 0.3) is 11.8 Å². The summed E-state index contributed by atoms with van der Waals surface area (Å²) in [5.41, 5.74) is 5.61. The fourth-order valence-corrected chi connectivity index (χ4v) is 3.50. The largest absolute Gasteiger partial charge is 0.496 e. The molecule has 2 aromatic heterocycles. The van der Waals surface area contributed by atoms with E-state index in [4.69, 9.17) is 4.74 Å². The quantitative estimate of drug-likeness (QED) is 0.328. The van der Waals surface area contributed by atoms with Gasteiger partial charge < -0.3 is 9.30 Å². The molecule has 6 nitrogen and oxygen atoms in total. The fourth-order valence-electron chi connectivity index (χ4n) is 3.50. The van der Waals surface area contributed by atoms with Crippen molar-refractivity contribution in [2.45, 2.75) is 20.4 Å². The van der Waals surface area contributed by atoms with E-state index < -0.39 is 0 Å². The average molecular weight is 412 g/mol. The van der Waals surface area contributed by atoms with Gasteiger partial charge in [-0.2, -0.15) is 5.10 Å². The maximum absolute atomic E-state index is 12.6. The van der Waals surface area contributed by atoms with Gasteiger partial charge in [0, 0.05) is 34.9 Å². The number of methoxy groups -OCH3 is 1. The molecule has 0 fully saturated rings. The number of nitrogens with zero attached hydrogens (tertiary/aromatic N) is 4. The zero-order valence-corrected chi connectivity index (χ0v) is 17.8. The van der Waals surface area contributed by atoms with E-state index in [2.05, 4.69) is 10.1 Å². The van der Waals surface area contributed by atoms with E-state index in [1.165, 1.54) is 0 Å². The topological polar surface area (TPSA) is 61.9 Å². The van der Waals surface area contributed by atoms with Crippen LogP contribution in [-0.4, -0.2) is 32.2 Å². The van der Waals surface area contributed by atoms with Gasteiger partial charge in [0.25, 0.3) is 0 Å². The van der Waals surface area contributed by atoms with E-state index in [9.17, 15) is 4.79 Å². The van der Waals surface area contributed by atoms with E-state index >= 15 is 0 Å². The van der Waals surface area contributed by atoms with E-state index in [0.717, 1.165) is 34.0 Å². The molecule has 0 spiro atoms. The number of aryl methyl sites for hydroxylation is 2. The maximum Gasteiger partial charge on any atom is 0.185 e. The molecule has 0 saturated heterocycles. The molecule has 4 aromatic rings. The fraction of sp³-hybridized carbons (Fsp3) is 0.160. The Morgan fingerprint density at radius 1 is 1.10 bits per heavy atom. The first kappa shape index (κ1) is 20.3. The zero-order chi connectivity index (χ0) is 21.8. The molecule has 0 saturated carbocycles. The summed E-state index contributed by atoms with van der Waals surface area (Å²) in [6.45, 7) is 4.62. The molecule has 2 heterocycles. The second-order valence-electron chi connectivity index (χ2n) is 7.37. The van der Waals surface area contributed by atoms with Crippen LogP contribution in [-0.2, 0) is 6.54 Å². The normalized spacial score (nSPS) is 11.2. The lowest BCUT2D eigenvalue weighted by molar-refractivity contribution is 0.104. The minimum atomic E-state index is -0.0481. The number of rotatable bonds is 7. The van der Waals surface area contributed by atoms with Crippen LogP contribution in [0.3, 0.4) is 0 Å². The van der Waals surface area contributed by atoms with Crippen molar-refractivity contribution in [3.8, 4) is 11.4 Å². The van der Waals surface area contributed by atoms with E-state index in [1.807, 2.05) is 83.9 Å². The van der Waals surface area contributed by atoms with E-state index in [-0.39, 0.29) is 5.78 Å². The van der Waals surface area contributed by atoms with Crippen LogP contribution < -0.4 is 4.74 Å². The lowest BCUT2D eigenvalue weighted by atomic mass is 10.1. The van der Waals surface area contributed by atoms with Gasteiger partial charge in [-0.1, -0.05) is 12.1 Å². The predicted molar refractivity (Wildman–Crippen MR) is 121 cm³/mol. The second-order valence-corrected chi connectivity index (χ2v) is 7.37. The highest BCUT2D eigenvalue weighted by Gasteiger charge is 2.09. The molecule has 0 radical (unpaired) electrons. The van der Waals surface area contributed by atoms with Gasteiger partial charge in [-0.05, 0) is 68.0 Å². The number of ether oxygens (including phenoxy) is 1. The first-order valence-electron chi connectivity index (χ1n) is 10.0. The SMILES string of the molecule is COc1ccc(/C=C/C(=O)c2ccc(-n3ccnc3)cc2)cc1Cn1nc(C)cc1C. The highest BCUT2D eigenvalue weighted by atomic mass is 16.5. The number of benzene rings is 2. The number of carbonyl (C=O) groups is 1. The van der Waals surface area contributed by atoms with Crippen molar-refractivity contribution in [1.29, 1.82) is 0 Å². The van der Waals surface area contributed by atoms with Crippen molar-refractivity contribution in [2.75, 3.05) is 7.11 Å². The second kappa shape index (κ2) is 8.83. The third kappa shape index (κ3) is 4.64. The van der Waals surface area contributed by atoms with E-state index in [0.29, 0.717) is 12.1 Å². The summed E-state index contributed by atoms with van der Waals surface area (Å²) >= 11 is 0. The van der Waals surface area contributed by atoms with Crippen molar-refractivity contribution in [3.63, 3.8) is 0 Å². The van der Waals surface area contributed by atoms with Crippen LogP contribution in [0.4, 0.5) is 0 Å². The molecule has 0 amide bonds. The Morgan fingerprint density at radius 2 is 1.90 bits per heavy atom. The minimum absolute atomic E-state index is 0.0481. The molecule has 0 N–H and O–H groups in total. The molecule has 0 aliphatic carbocycles. The summed E-state index contributed by atoms with van der Waals surface area (Å²) in [5.74, 6) is 0.749. The number of imidazole rings is 1. The first-order chi connectivity index (χ1) is 15.0. The minimum Gasteiger partial charge on any atom is -0.496 e. The summed E-state index contributed by atoms with van der Waals surface area (Å²) < 4.78 is 9.36. The summed E-state index contributed by atoms with van der Waals surface area (Å²) in [6, 6.07) is 15.4. The Balaban J connectivity index is 1.51.